The van der Waals surface area contributed by atoms with Gasteiger partial charge >= 0.3 is 0 Å². The van der Waals surface area contributed by atoms with Crippen molar-refractivity contribution in [2.24, 2.45) is 5.92 Å². The molecule has 0 saturated heterocycles. The third-order valence-electron chi connectivity index (χ3n) is 3.92. The summed E-state index contributed by atoms with van der Waals surface area (Å²) in [6.45, 7) is 2.18. The molecule has 1 heteroatoms. The summed E-state index contributed by atoms with van der Waals surface area (Å²) in [6, 6.07) is 8.94. The van der Waals surface area contributed by atoms with Crippen LogP contribution < -0.4 is 0 Å². The Morgan fingerprint density at radius 2 is 1.88 bits per heavy atom. The number of aryl methyl sites for hydroxylation is 1. The van der Waals surface area contributed by atoms with Gasteiger partial charge in [-0.2, -0.15) is 0 Å². The molecule has 1 saturated carbocycles. The summed E-state index contributed by atoms with van der Waals surface area (Å²) in [5.74, 6) is 0.887. The monoisotopic (exact) mass is 294 g/mol. The average molecular weight is 295 g/mol. The first kappa shape index (κ1) is 13.1. The molecule has 0 nitrogen and oxygen atoms in total. The van der Waals surface area contributed by atoms with Gasteiger partial charge in [0, 0.05) is 4.83 Å². The summed E-state index contributed by atoms with van der Waals surface area (Å²) >= 11 is 3.94. The highest BCUT2D eigenvalue weighted by molar-refractivity contribution is 9.09. The second kappa shape index (κ2) is 6.58. The van der Waals surface area contributed by atoms with Gasteiger partial charge in [0.1, 0.15) is 0 Å². The Hall–Kier alpha value is -0.300. The number of halogens is 1. The third kappa shape index (κ3) is 4.13. The minimum atomic E-state index is 0.669. The van der Waals surface area contributed by atoms with Crippen molar-refractivity contribution < 1.29 is 0 Å². The number of rotatable bonds is 3. The molecule has 1 aliphatic carbocycles. The Morgan fingerprint density at radius 3 is 2.53 bits per heavy atom. The second-order valence-corrected chi connectivity index (χ2v) is 6.64. The van der Waals surface area contributed by atoms with Crippen molar-refractivity contribution in [1.82, 2.24) is 0 Å². The first-order chi connectivity index (χ1) is 8.25. The zero-order valence-corrected chi connectivity index (χ0v) is 12.4. The summed E-state index contributed by atoms with van der Waals surface area (Å²) in [6.07, 6.45) is 9.78. The number of benzene rings is 1. The SMILES string of the molecule is Cc1cccc(CC(Br)C2CCCCCC2)c1. The predicted molar refractivity (Wildman–Crippen MR) is 78.8 cm³/mol. The van der Waals surface area contributed by atoms with Gasteiger partial charge in [-0.1, -0.05) is 71.4 Å². The molecule has 0 aromatic heterocycles. The van der Waals surface area contributed by atoms with Crippen LogP contribution in [0.1, 0.15) is 49.7 Å². The van der Waals surface area contributed by atoms with Crippen molar-refractivity contribution in [1.29, 1.82) is 0 Å². The van der Waals surface area contributed by atoms with Crippen LogP contribution >= 0.6 is 15.9 Å². The van der Waals surface area contributed by atoms with Gasteiger partial charge in [-0.3, -0.25) is 0 Å². The molecule has 1 fully saturated rings. The van der Waals surface area contributed by atoms with E-state index in [1.54, 1.807) is 0 Å². The molecule has 17 heavy (non-hydrogen) atoms. The molecule has 0 radical (unpaired) electrons. The molecular weight excluding hydrogens is 272 g/mol. The van der Waals surface area contributed by atoms with E-state index in [2.05, 4.69) is 47.1 Å². The van der Waals surface area contributed by atoms with Crippen molar-refractivity contribution in [3.8, 4) is 0 Å². The molecule has 1 aromatic carbocycles. The van der Waals surface area contributed by atoms with Gasteiger partial charge in [0.05, 0.1) is 0 Å². The number of alkyl halides is 1. The fourth-order valence-corrected chi connectivity index (χ4v) is 3.81. The van der Waals surface area contributed by atoms with Crippen LogP contribution in [0.15, 0.2) is 24.3 Å². The van der Waals surface area contributed by atoms with Gasteiger partial charge < -0.3 is 0 Å². The van der Waals surface area contributed by atoms with Gasteiger partial charge in [-0.25, -0.2) is 0 Å². The van der Waals surface area contributed by atoms with Crippen LogP contribution in [-0.2, 0) is 6.42 Å². The van der Waals surface area contributed by atoms with E-state index in [1.165, 1.54) is 56.1 Å². The predicted octanol–water partition coefficient (Wildman–Crippen LogP) is 5.27. The number of hydrogen-bond acceptors (Lipinski definition) is 0. The third-order valence-corrected chi connectivity index (χ3v) is 5.00. The molecular formula is C16H23Br. The van der Waals surface area contributed by atoms with Crippen LogP contribution in [0, 0.1) is 12.8 Å². The van der Waals surface area contributed by atoms with E-state index in [1.807, 2.05) is 0 Å². The lowest BCUT2D eigenvalue weighted by Gasteiger charge is -2.21. The summed E-state index contributed by atoms with van der Waals surface area (Å²) in [5, 5.41) is 0. The van der Waals surface area contributed by atoms with Crippen molar-refractivity contribution in [3.63, 3.8) is 0 Å². The van der Waals surface area contributed by atoms with Gasteiger partial charge in [-0.15, -0.1) is 0 Å². The lowest BCUT2D eigenvalue weighted by Crippen LogP contribution is -2.16. The van der Waals surface area contributed by atoms with Crippen LogP contribution in [0.25, 0.3) is 0 Å². The maximum atomic E-state index is 3.94. The van der Waals surface area contributed by atoms with Crippen LogP contribution in [0.2, 0.25) is 0 Å². The summed E-state index contributed by atoms with van der Waals surface area (Å²) in [5.41, 5.74) is 2.86. The summed E-state index contributed by atoms with van der Waals surface area (Å²) in [7, 11) is 0. The molecule has 0 bridgehead atoms. The molecule has 1 unspecified atom stereocenters. The fraction of sp³-hybridized carbons (Fsp3) is 0.625. The molecule has 2 rings (SSSR count). The van der Waals surface area contributed by atoms with Crippen LogP contribution in [0.4, 0.5) is 0 Å². The van der Waals surface area contributed by atoms with E-state index in [-0.39, 0.29) is 0 Å². The molecule has 1 aliphatic rings. The van der Waals surface area contributed by atoms with Gasteiger partial charge in [-0.05, 0) is 37.7 Å². The lowest BCUT2D eigenvalue weighted by atomic mass is 9.92. The molecule has 0 amide bonds. The van der Waals surface area contributed by atoms with Crippen LogP contribution in [0.3, 0.4) is 0 Å². The quantitative estimate of drug-likeness (QED) is 0.526. The zero-order chi connectivity index (χ0) is 12.1. The maximum Gasteiger partial charge on any atom is 0.0214 e. The topological polar surface area (TPSA) is 0 Å². The maximum absolute atomic E-state index is 3.94. The fourth-order valence-electron chi connectivity index (χ4n) is 2.90. The van der Waals surface area contributed by atoms with Crippen LogP contribution in [-0.4, -0.2) is 4.83 Å². The van der Waals surface area contributed by atoms with Crippen molar-refractivity contribution >= 4 is 15.9 Å². The van der Waals surface area contributed by atoms with E-state index in [0.717, 1.165) is 5.92 Å². The second-order valence-electron chi connectivity index (χ2n) is 5.46. The van der Waals surface area contributed by atoms with E-state index in [4.69, 9.17) is 0 Å². The summed E-state index contributed by atoms with van der Waals surface area (Å²) < 4.78 is 0. The standard InChI is InChI=1S/C16H23Br/c1-13-7-6-8-14(11-13)12-16(17)15-9-4-2-3-5-10-15/h6-8,11,15-16H,2-5,9-10,12H2,1H3. The van der Waals surface area contributed by atoms with E-state index >= 15 is 0 Å². The van der Waals surface area contributed by atoms with Crippen LogP contribution in [0.5, 0.6) is 0 Å². The molecule has 94 valence electrons. The first-order valence-corrected chi connectivity index (χ1v) is 7.87. The Labute approximate surface area is 114 Å². The van der Waals surface area contributed by atoms with Gasteiger partial charge in [0.25, 0.3) is 0 Å². The van der Waals surface area contributed by atoms with E-state index in [9.17, 15) is 0 Å². The smallest absolute Gasteiger partial charge is 0.0214 e. The van der Waals surface area contributed by atoms with Crippen molar-refractivity contribution in [3.05, 3.63) is 35.4 Å². The normalized spacial score (nSPS) is 19.9. The lowest BCUT2D eigenvalue weighted by molar-refractivity contribution is 0.445. The minimum Gasteiger partial charge on any atom is -0.0884 e. The molecule has 1 aromatic rings. The molecule has 1 atom stereocenters. The highest BCUT2D eigenvalue weighted by atomic mass is 79.9. The Balaban J connectivity index is 1.93. The Bertz CT molecular complexity index is 337. The highest BCUT2D eigenvalue weighted by Gasteiger charge is 2.20. The highest BCUT2D eigenvalue weighted by Crippen LogP contribution is 2.31. The molecule has 0 aliphatic heterocycles. The van der Waals surface area contributed by atoms with Gasteiger partial charge in [0.2, 0.25) is 0 Å². The zero-order valence-electron chi connectivity index (χ0n) is 10.8. The Kier molecular flexibility index (Phi) is 5.09. The van der Waals surface area contributed by atoms with Gasteiger partial charge in [0.15, 0.2) is 0 Å². The van der Waals surface area contributed by atoms with E-state index < -0.39 is 0 Å². The Morgan fingerprint density at radius 1 is 1.18 bits per heavy atom. The molecule has 0 spiro atoms. The van der Waals surface area contributed by atoms with Crippen molar-refractivity contribution in [2.45, 2.75) is 56.7 Å². The number of hydrogen-bond donors (Lipinski definition) is 0. The largest absolute Gasteiger partial charge is 0.0884 e. The molecule has 0 N–H and O–H groups in total. The first-order valence-electron chi connectivity index (χ1n) is 6.95. The van der Waals surface area contributed by atoms with E-state index in [0.29, 0.717) is 4.83 Å². The minimum absolute atomic E-state index is 0.669. The molecule has 0 heterocycles. The van der Waals surface area contributed by atoms with Crippen molar-refractivity contribution in [2.75, 3.05) is 0 Å². The summed E-state index contributed by atoms with van der Waals surface area (Å²) in [4.78, 5) is 0.669. The average Bonchev–Trinajstić information content (AvgIpc) is 2.57.